The molecule has 21 heavy (non-hydrogen) atoms. The van der Waals surface area contributed by atoms with Crippen molar-refractivity contribution < 1.29 is 4.79 Å². The van der Waals surface area contributed by atoms with Crippen molar-refractivity contribution in [1.82, 2.24) is 4.90 Å². The van der Waals surface area contributed by atoms with Crippen molar-refractivity contribution in [2.24, 2.45) is 0 Å². The molecule has 0 spiro atoms. The molecule has 2 atom stereocenters. The summed E-state index contributed by atoms with van der Waals surface area (Å²) >= 11 is 5.98. The molecule has 0 aromatic heterocycles. The average molecular weight is 299 g/mol. The number of anilines is 1. The second-order valence-corrected chi connectivity index (χ2v) is 6.09. The van der Waals surface area contributed by atoms with Crippen LogP contribution in [-0.2, 0) is 0 Å². The van der Waals surface area contributed by atoms with Crippen LogP contribution in [0.25, 0.3) is 0 Å². The molecule has 2 aromatic rings. The van der Waals surface area contributed by atoms with Crippen LogP contribution in [0.3, 0.4) is 0 Å². The summed E-state index contributed by atoms with van der Waals surface area (Å²) in [4.78, 5) is 16.9. The highest BCUT2D eigenvalue weighted by atomic mass is 35.5. The lowest BCUT2D eigenvalue weighted by atomic mass is 10.1. The van der Waals surface area contributed by atoms with Crippen molar-refractivity contribution in [3.63, 3.8) is 0 Å². The number of halogens is 1. The van der Waals surface area contributed by atoms with Crippen molar-refractivity contribution >= 4 is 23.2 Å². The monoisotopic (exact) mass is 298 g/mol. The van der Waals surface area contributed by atoms with Gasteiger partial charge in [-0.2, -0.15) is 0 Å². The largest absolute Gasteiger partial charge is 0.345 e. The number of hydrogen-bond donors (Lipinski definition) is 0. The maximum atomic E-state index is 12.6. The Balaban J connectivity index is 1.82. The zero-order valence-electron chi connectivity index (χ0n) is 11.7. The van der Waals surface area contributed by atoms with Gasteiger partial charge in [-0.05, 0) is 37.3 Å². The molecule has 4 heteroatoms. The van der Waals surface area contributed by atoms with E-state index in [2.05, 4.69) is 17.9 Å². The van der Waals surface area contributed by atoms with E-state index in [1.54, 1.807) is 0 Å². The van der Waals surface area contributed by atoms with E-state index in [9.17, 15) is 4.79 Å². The molecule has 2 aliphatic heterocycles. The number of carbonyl (C=O) groups is 1. The number of amides is 1. The molecule has 1 saturated heterocycles. The Hall–Kier alpha value is -2.00. The number of fused-ring (bicyclic) bond motifs is 3. The topological polar surface area (TPSA) is 23.6 Å². The third kappa shape index (κ3) is 1.77. The van der Waals surface area contributed by atoms with Crippen molar-refractivity contribution in [3.8, 4) is 0 Å². The lowest BCUT2D eigenvalue weighted by molar-refractivity contribution is 0.0728. The van der Waals surface area contributed by atoms with Gasteiger partial charge in [0.1, 0.15) is 6.17 Å². The molecule has 2 heterocycles. The third-order valence-corrected chi connectivity index (χ3v) is 4.61. The number of carbonyl (C=O) groups excluding carboxylic acids is 1. The molecule has 0 aliphatic carbocycles. The Morgan fingerprint density at radius 3 is 2.57 bits per heavy atom. The van der Waals surface area contributed by atoms with Gasteiger partial charge in [0, 0.05) is 34.4 Å². The number of nitrogens with zero attached hydrogens (tertiary/aromatic N) is 2. The number of hydrogen-bond acceptors (Lipinski definition) is 2. The summed E-state index contributed by atoms with van der Waals surface area (Å²) in [7, 11) is 0. The highest BCUT2D eigenvalue weighted by molar-refractivity contribution is 6.30. The first-order valence-corrected chi connectivity index (χ1v) is 7.48. The highest BCUT2D eigenvalue weighted by Crippen LogP contribution is 2.44. The van der Waals surface area contributed by atoms with Crippen LogP contribution in [0.5, 0.6) is 0 Å². The van der Waals surface area contributed by atoms with Crippen LogP contribution in [0.1, 0.15) is 29.0 Å². The quantitative estimate of drug-likeness (QED) is 0.801. The Morgan fingerprint density at radius 2 is 1.81 bits per heavy atom. The van der Waals surface area contributed by atoms with Crippen LogP contribution in [0.4, 0.5) is 5.69 Å². The molecule has 0 saturated carbocycles. The van der Waals surface area contributed by atoms with E-state index in [4.69, 9.17) is 11.6 Å². The second-order valence-electron chi connectivity index (χ2n) is 5.65. The van der Waals surface area contributed by atoms with E-state index in [-0.39, 0.29) is 18.1 Å². The lowest BCUT2D eigenvalue weighted by Gasteiger charge is -2.27. The van der Waals surface area contributed by atoms with Gasteiger partial charge >= 0.3 is 0 Å². The van der Waals surface area contributed by atoms with Crippen LogP contribution >= 0.6 is 11.6 Å². The predicted octanol–water partition coefficient (Wildman–Crippen LogP) is 3.70. The fourth-order valence-corrected chi connectivity index (χ4v) is 3.55. The standard InChI is InChI=1S/C17H15ClN2O/c1-11-10-19(13-8-6-12(18)7-9-13)16-14-4-2-3-5-15(14)17(21)20(11)16/h2-9,11,16H,10H2,1H3/t11-,16-/m0/s1. The van der Waals surface area contributed by atoms with Gasteiger partial charge in [-0.25, -0.2) is 0 Å². The van der Waals surface area contributed by atoms with Crippen LogP contribution in [-0.4, -0.2) is 23.4 Å². The van der Waals surface area contributed by atoms with Crippen LogP contribution in [0, 0.1) is 0 Å². The molecule has 1 amide bonds. The fraction of sp³-hybridized carbons (Fsp3) is 0.235. The summed E-state index contributed by atoms with van der Waals surface area (Å²) in [5.41, 5.74) is 3.03. The van der Waals surface area contributed by atoms with Gasteiger partial charge in [-0.15, -0.1) is 0 Å². The van der Waals surface area contributed by atoms with Gasteiger partial charge in [0.2, 0.25) is 0 Å². The van der Waals surface area contributed by atoms with Crippen molar-refractivity contribution in [2.45, 2.75) is 19.1 Å². The molecule has 0 bridgehead atoms. The van der Waals surface area contributed by atoms with E-state index in [1.807, 2.05) is 47.4 Å². The third-order valence-electron chi connectivity index (χ3n) is 4.36. The number of benzene rings is 2. The smallest absolute Gasteiger partial charge is 0.256 e. The van der Waals surface area contributed by atoms with Crippen molar-refractivity contribution in [2.75, 3.05) is 11.4 Å². The molecule has 0 N–H and O–H groups in total. The minimum absolute atomic E-state index is 0.00451. The molecule has 106 valence electrons. The van der Waals surface area contributed by atoms with Gasteiger partial charge in [0.25, 0.3) is 5.91 Å². The molecule has 0 radical (unpaired) electrons. The Morgan fingerprint density at radius 1 is 1.10 bits per heavy atom. The summed E-state index contributed by atoms with van der Waals surface area (Å²) in [6.07, 6.45) is 0.00451. The van der Waals surface area contributed by atoms with E-state index in [0.29, 0.717) is 0 Å². The maximum Gasteiger partial charge on any atom is 0.256 e. The molecular weight excluding hydrogens is 284 g/mol. The Kier molecular flexibility index (Phi) is 2.73. The van der Waals surface area contributed by atoms with Gasteiger partial charge in [-0.3, -0.25) is 4.79 Å². The molecule has 3 nitrogen and oxygen atoms in total. The van der Waals surface area contributed by atoms with Gasteiger partial charge in [0.15, 0.2) is 0 Å². The molecular formula is C17H15ClN2O. The molecule has 4 rings (SSSR count). The zero-order chi connectivity index (χ0) is 14.6. The summed E-state index contributed by atoms with van der Waals surface area (Å²) in [6.45, 7) is 2.94. The maximum absolute atomic E-state index is 12.6. The average Bonchev–Trinajstić information content (AvgIpc) is 2.98. The zero-order valence-corrected chi connectivity index (χ0v) is 12.4. The summed E-state index contributed by atoms with van der Waals surface area (Å²) in [5.74, 6) is 0.138. The minimum Gasteiger partial charge on any atom is -0.345 e. The Labute approximate surface area is 128 Å². The normalized spacial score (nSPS) is 23.4. The molecule has 2 aliphatic rings. The first-order chi connectivity index (χ1) is 10.2. The fourth-order valence-electron chi connectivity index (χ4n) is 3.43. The lowest BCUT2D eigenvalue weighted by Crippen LogP contribution is -2.31. The SMILES string of the molecule is C[C@H]1CN(c2ccc(Cl)cc2)[C@@H]2c3ccccc3C(=O)N12. The van der Waals surface area contributed by atoms with E-state index in [0.717, 1.165) is 28.4 Å². The van der Waals surface area contributed by atoms with Gasteiger partial charge < -0.3 is 9.80 Å². The van der Waals surface area contributed by atoms with E-state index in [1.165, 1.54) is 0 Å². The summed E-state index contributed by atoms with van der Waals surface area (Å²) < 4.78 is 0. The molecule has 1 fully saturated rings. The van der Waals surface area contributed by atoms with Gasteiger partial charge in [0.05, 0.1) is 0 Å². The predicted molar refractivity (Wildman–Crippen MR) is 83.6 cm³/mol. The summed E-state index contributed by atoms with van der Waals surface area (Å²) in [6, 6.07) is 15.9. The summed E-state index contributed by atoms with van der Waals surface area (Å²) in [5, 5.41) is 0.728. The van der Waals surface area contributed by atoms with Gasteiger partial charge in [-0.1, -0.05) is 29.8 Å². The first kappa shape index (κ1) is 12.7. The highest BCUT2D eigenvalue weighted by Gasteiger charge is 2.47. The van der Waals surface area contributed by atoms with E-state index < -0.39 is 0 Å². The molecule has 0 unspecified atom stereocenters. The van der Waals surface area contributed by atoms with Crippen LogP contribution in [0.15, 0.2) is 48.5 Å². The second kappa shape index (κ2) is 4.50. The van der Waals surface area contributed by atoms with Crippen LogP contribution < -0.4 is 4.90 Å². The van der Waals surface area contributed by atoms with E-state index >= 15 is 0 Å². The minimum atomic E-state index is 0.00451. The Bertz CT molecular complexity index is 713. The van der Waals surface area contributed by atoms with Crippen molar-refractivity contribution in [3.05, 3.63) is 64.7 Å². The van der Waals surface area contributed by atoms with Crippen LogP contribution in [0.2, 0.25) is 5.02 Å². The first-order valence-electron chi connectivity index (χ1n) is 7.10. The molecule has 2 aromatic carbocycles. The van der Waals surface area contributed by atoms with Crippen molar-refractivity contribution in [1.29, 1.82) is 0 Å². The number of rotatable bonds is 1.